The molecule has 0 bridgehead atoms. The van der Waals surface area contributed by atoms with Crippen LogP contribution < -0.4 is 5.84 Å². The lowest BCUT2D eigenvalue weighted by atomic mass is 10.3. The second kappa shape index (κ2) is 4.08. The summed E-state index contributed by atoms with van der Waals surface area (Å²) in [5.41, 5.74) is 0. The Morgan fingerprint density at radius 1 is 1.88 bits per heavy atom. The lowest BCUT2D eigenvalue weighted by Gasteiger charge is -2.03. The number of hydrazine groups is 1. The molecular formula is C4H9IN2O. The van der Waals surface area contributed by atoms with E-state index >= 15 is 0 Å². The van der Waals surface area contributed by atoms with Crippen molar-refractivity contribution < 1.29 is 4.79 Å². The van der Waals surface area contributed by atoms with Crippen LogP contribution in [0.5, 0.6) is 0 Å². The molecule has 3 nitrogen and oxygen atoms in total. The highest BCUT2D eigenvalue weighted by atomic mass is 127. The molecule has 0 rings (SSSR count). The molecule has 0 atom stereocenters. The van der Waals surface area contributed by atoms with Gasteiger partial charge >= 0.3 is 0 Å². The Hall–Kier alpha value is 0.160. The maximum Gasteiger partial charge on any atom is 0.245 e. The minimum Gasteiger partial charge on any atom is -0.273 e. The van der Waals surface area contributed by atoms with Crippen LogP contribution in [-0.2, 0) is 4.79 Å². The van der Waals surface area contributed by atoms with Crippen molar-refractivity contribution in [2.24, 2.45) is 5.84 Å². The first-order chi connectivity index (χ1) is 3.68. The fourth-order valence-electron chi connectivity index (χ4n) is 0.321. The number of hydrogen-bond donors (Lipinski definition) is 1. The van der Waals surface area contributed by atoms with Crippen LogP contribution in [0.25, 0.3) is 0 Å². The molecule has 0 aliphatic rings. The highest BCUT2D eigenvalue weighted by molar-refractivity contribution is 14.1. The summed E-state index contributed by atoms with van der Waals surface area (Å²) in [6.07, 6.45) is 1.40. The lowest BCUT2D eigenvalue weighted by Crippen LogP contribution is -2.26. The molecule has 1 amide bonds. The van der Waals surface area contributed by atoms with E-state index in [-0.39, 0.29) is 5.91 Å². The summed E-state index contributed by atoms with van der Waals surface area (Å²) in [5, 5.41) is 0. The average Bonchev–Trinajstić information content (AvgIpc) is 1.67. The van der Waals surface area contributed by atoms with Crippen LogP contribution in [0.1, 0.15) is 19.8 Å². The molecule has 0 fully saturated rings. The largest absolute Gasteiger partial charge is 0.273 e. The lowest BCUT2D eigenvalue weighted by molar-refractivity contribution is -0.125. The normalized spacial score (nSPS) is 8.88. The number of nitrogens with two attached hydrogens (primary N) is 1. The molecule has 0 unspecified atom stereocenters. The van der Waals surface area contributed by atoms with Crippen molar-refractivity contribution in [2.45, 2.75) is 19.8 Å². The van der Waals surface area contributed by atoms with E-state index in [0.717, 1.165) is 9.64 Å². The monoisotopic (exact) mass is 228 g/mol. The van der Waals surface area contributed by atoms with Crippen molar-refractivity contribution in [3.05, 3.63) is 0 Å². The number of amides is 1. The number of nitrogens with zero attached hydrogens (tertiary/aromatic N) is 1. The van der Waals surface area contributed by atoms with Crippen molar-refractivity contribution in [3.8, 4) is 0 Å². The van der Waals surface area contributed by atoms with Gasteiger partial charge in [0.25, 0.3) is 0 Å². The number of rotatable bonds is 2. The van der Waals surface area contributed by atoms with Crippen LogP contribution >= 0.6 is 22.9 Å². The Labute approximate surface area is 62.7 Å². The molecule has 8 heavy (non-hydrogen) atoms. The molecule has 0 aliphatic heterocycles. The maximum atomic E-state index is 10.5. The predicted octanol–water partition coefficient (Wildman–Crippen LogP) is 0.839. The highest BCUT2D eigenvalue weighted by Gasteiger charge is 2.01. The van der Waals surface area contributed by atoms with Crippen molar-refractivity contribution in [2.75, 3.05) is 0 Å². The Kier molecular flexibility index (Phi) is 4.16. The van der Waals surface area contributed by atoms with Crippen molar-refractivity contribution in [3.63, 3.8) is 0 Å². The standard InChI is InChI=1S/C4H9IN2O/c1-2-3-4(8)7(5)6/h2-3,6H2,1H3. The van der Waals surface area contributed by atoms with Crippen molar-refractivity contribution in [1.29, 1.82) is 0 Å². The molecule has 0 aromatic rings. The summed E-state index contributed by atoms with van der Waals surface area (Å²) in [6, 6.07) is 0. The molecule has 4 heteroatoms. The average molecular weight is 228 g/mol. The third kappa shape index (κ3) is 3.20. The second-order valence-corrected chi connectivity index (χ2v) is 2.49. The van der Waals surface area contributed by atoms with Gasteiger partial charge in [-0.25, -0.2) is 9.06 Å². The fourth-order valence-corrected chi connectivity index (χ4v) is 0.562. The van der Waals surface area contributed by atoms with Gasteiger partial charge in [0, 0.05) is 6.42 Å². The first-order valence-corrected chi connectivity index (χ1v) is 3.38. The Morgan fingerprint density at radius 2 is 2.38 bits per heavy atom. The van der Waals surface area contributed by atoms with Gasteiger partial charge in [-0.3, -0.25) is 4.79 Å². The molecule has 0 saturated carbocycles. The summed E-state index contributed by atoms with van der Waals surface area (Å²) in [4.78, 5) is 10.5. The number of hydrogen-bond acceptors (Lipinski definition) is 2. The number of carbonyl (C=O) groups excluding carboxylic acids is 1. The molecule has 2 N–H and O–H groups in total. The molecule has 0 aromatic carbocycles. The summed E-state index contributed by atoms with van der Waals surface area (Å²) in [7, 11) is 0. The van der Waals surface area contributed by atoms with Crippen LogP contribution in [0.4, 0.5) is 0 Å². The summed E-state index contributed by atoms with van der Waals surface area (Å²) in [5.74, 6) is 5.07. The van der Waals surface area contributed by atoms with Gasteiger partial charge in [-0.2, -0.15) is 0 Å². The number of carbonyl (C=O) groups is 1. The number of halogens is 1. The highest BCUT2D eigenvalue weighted by Crippen LogP contribution is 1.96. The zero-order valence-electron chi connectivity index (χ0n) is 4.72. The van der Waals surface area contributed by atoms with Gasteiger partial charge in [-0.15, -0.1) is 0 Å². The van der Waals surface area contributed by atoms with Gasteiger partial charge in [-0.05, 0) is 6.42 Å². The Morgan fingerprint density at radius 3 is 2.50 bits per heavy atom. The topological polar surface area (TPSA) is 46.3 Å². The Balaban J connectivity index is 3.33. The molecule has 0 spiro atoms. The van der Waals surface area contributed by atoms with Crippen molar-refractivity contribution in [1.82, 2.24) is 3.22 Å². The van der Waals surface area contributed by atoms with E-state index in [1.807, 2.05) is 6.92 Å². The molecule has 0 aromatic heterocycles. The smallest absolute Gasteiger partial charge is 0.245 e. The zero-order valence-corrected chi connectivity index (χ0v) is 6.88. The minimum atomic E-state index is -0.0203. The van der Waals surface area contributed by atoms with Crippen molar-refractivity contribution >= 4 is 28.8 Å². The minimum absolute atomic E-state index is 0.0203. The van der Waals surface area contributed by atoms with E-state index in [1.165, 1.54) is 0 Å². The zero-order chi connectivity index (χ0) is 6.57. The van der Waals surface area contributed by atoms with Crippen LogP contribution in [0.2, 0.25) is 0 Å². The van der Waals surface area contributed by atoms with E-state index < -0.39 is 0 Å². The molecule has 0 radical (unpaired) electrons. The molecule has 0 aliphatic carbocycles. The first kappa shape index (κ1) is 8.16. The van der Waals surface area contributed by atoms with Gasteiger partial charge in [0.2, 0.25) is 5.91 Å². The first-order valence-electron chi connectivity index (χ1n) is 2.42. The van der Waals surface area contributed by atoms with Gasteiger partial charge in [0.05, 0.1) is 22.9 Å². The summed E-state index contributed by atoms with van der Waals surface area (Å²) < 4.78 is 1.08. The fraction of sp³-hybridized carbons (Fsp3) is 0.750. The van der Waals surface area contributed by atoms with Crippen LogP contribution in [0.15, 0.2) is 0 Å². The van der Waals surface area contributed by atoms with Gasteiger partial charge in [-0.1, -0.05) is 6.92 Å². The molecule has 0 heterocycles. The molecule has 48 valence electrons. The van der Waals surface area contributed by atoms with Crippen LogP contribution in [-0.4, -0.2) is 9.13 Å². The summed E-state index contributed by atoms with van der Waals surface area (Å²) in [6.45, 7) is 1.94. The van der Waals surface area contributed by atoms with E-state index in [0.29, 0.717) is 6.42 Å². The third-order valence-corrected chi connectivity index (χ3v) is 1.24. The van der Waals surface area contributed by atoms with E-state index in [2.05, 4.69) is 0 Å². The third-order valence-electron chi connectivity index (χ3n) is 0.702. The molecule has 0 saturated heterocycles. The van der Waals surface area contributed by atoms with E-state index in [4.69, 9.17) is 5.84 Å². The second-order valence-electron chi connectivity index (χ2n) is 1.45. The van der Waals surface area contributed by atoms with Crippen LogP contribution in [0.3, 0.4) is 0 Å². The van der Waals surface area contributed by atoms with E-state index in [9.17, 15) is 4.79 Å². The van der Waals surface area contributed by atoms with Gasteiger partial charge < -0.3 is 0 Å². The summed E-state index contributed by atoms with van der Waals surface area (Å²) >= 11 is 1.75. The predicted molar refractivity (Wildman–Crippen MR) is 40.0 cm³/mol. The molecular weight excluding hydrogens is 219 g/mol. The Bertz CT molecular complexity index is 84.1. The van der Waals surface area contributed by atoms with E-state index in [1.54, 1.807) is 22.9 Å². The SMILES string of the molecule is CCCC(=O)N(N)I. The van der Waals surface area contributed by atoms with Gasteiger partial charge in [0.15, 0.2) is 0 Å². The van der Waals surface area contributed by atoms with Crippen LogP contribution in [0, 0.1) is 0 Å². The quantitative estimate of drug-likeness (QED) is 0.250. The van der Waals surface area contributed by atoms with Gasteiger partial charge in [0.1, 0.15) is 0 Å². The maximum absolute atomic E-state index is 10.5.